The van der Waals surface area contributed by atoms with E-state index in [1.54, 1.807) is 12.3 Å². The second-order valence-electron chi connectivity index (χ2n) is 4.42. The molecule has 5 heteroatoms. The maximum Gasteiger partial charge on any atom is 0.283 e. The van der Waals surface area contributed by atoms with Crippen LogP contribution < -0.4 is 10.9 Å². The molecule has 1 aromatic rings. The van der Waals surface area contributed by atoms with Gasteiger partial charge in [0.15, 0.2) is 0 Å². The van der Waals surface area contributed by atoms with Gasteiger partial charge in [0.1, 0.15) is 4.47 Å². The Morgan fingerprint density at radius 2 is 2.24 bits per heavy atom. The highest BCUT2D eigenvalue weighted by Gasteiger charge is 2.10. The van der Waals surface area contributed by atoms with Gasteiger partial charge in [0, 0.05) is 12.6 Å². The minimum Gasteiger partial charge on any atom is -0.377 e. The summed E-state index contributed by atoms with van der Waals surface area (Å²) in [6.45, 7) is 10.4. The average molecular weight is 300 g/mol. The molecule has 1 aromatic heterocycles. The van der Waals surface area contributed by atoms with Crippen LogP contribution in [0, 0.1) is 5.92 Å². The Labute approximate surface area is 110 Å². The number of halogens is 1. The Morgan fingerprint density at radius 1 is 1.59 bits per heavy atom. The Hall–Kier alpha value is -1.10. The molecule has 1 atom stereocenters. The lowest BCUT2D eigenvalue weighted by molar-refractivity contribution is 0.462. The van der Waals surface area contributed by atoms with Gasteiger partial charge in [0.05, 0.1) is 11.9 Å². The molecule has 0 aromatic carbocycles. The summed E-state index contributed by atoms with van der Waals surface area (Å²) in [5.41, 5.74) is 0.586. The van der Waals surface area contributed by atoms with Crippen molar-refractivity contribution in [2.24, 2.45) is 5.92 Å². The van der Waals surface area contributed by atoms with Crippen LogP contribution in [0.1, 0.15) is 20.8 Å². The van der Waals surface area contributed by atoms with Gasteiger partial charge in [-0.15, -0.1) is 6.58 Å². The quantitative estimate of drug-likeness (QED) is 0.850. The fourth-order valence-electron chi connectivity index (χ4n) is 1.35. The maximum atomic E-state index is 12.0. The third-order valence-corrected chi connectivity index (χ3v) is 3.03. The van der Waals surface area contributed by atoms with Crippen molar-refractivity contribution in [1.29, 1.82) is 0 Å². The first-order valence-electron chi connectivity index (χ1n) is 5.60. The summed E-state index contributed by atoms with van der Waals surface area (Å²) >= 11 is 3.31. The molecule has 4 nitrogen and oxygen atoms in total. The number of nitrogens with zero attached hydrogens (tertiary/aromatic N) is 2. The van der Waals surface area contributed by atoms with Crippen molar-refractivity contribution in [1.82, 2.24) is 9.78 Å². The van der Waals surface area contributed by atoms with E-state index in [0.717, 1.165) is 0 Å². The number of aromatic nitrogens is 2. The van der Waals surface area contributed by atoms with Gasteiger partial charge in [-0.1, -0.05) is 19.9 Å². The summed E-state index contributed by atoms with van der Waals surface area (Å²) in [6, 6.07) is 0.0912. The normalized spacial score (nSPS) is 12.5. The molecular formula is C12H18BrN3O. The molecule has 94 valence electrons. The lowest BCUT2D eigenvalue weighted by atomic mass is 10.2. The largest absolute Gasteiger partial charge is 0.377 e. The zero-order valence-electron chi connectivity index (χ0n) is 10.4. The Kier molecular flexibility index (Phi) is 4.93. The molecule has 1 heterocycles. The van der Waals surface area contributed by atoms with Gasteiger partial charge < -0.3 is 5.32 Å². The smallest absolute Gasteiger partial charge is 0.283 e. The van der Waals surface area contributed by atoms with Gasteiger partial charge in [-0.25, -0.2) is 4.68 Å². The van der Waals surface area contributed by atoms with Gasteiger partial charge in [-0.05, 0) is 28.8 Å². The van der Waals surface area contributed by atoms with Gasteiger partial charge in [0.2, 0.25) is 0 Å². The number of hydrogen-bond donors (Lipinski definition) is 1. The minimum absolute atomic E-state index is 0.0912. The van der Waals surface area contributed by atoms with Crippen LogP contribution in [0.15, 0.2) is 28.1 Å². The molecular weight excluding hydrogens is 282 g/mol. The second kappa shape index (κ2) is 6.00. The van der Waals surface area contributed by atoms with Crippen molar-refractivity contribution >= 4 is 21.6 Å². The van der Waals surface area contributed by atoms with E-state index in [1.165, 1.54) is 4.68 Å². The van der Waals surface area contributed by atoms with E-state index in [9.17, 15) is 4.79 Å². The van der Waals surface area contributed by atoms with Gasteiger partial charge in [-0.2, -0.15) is 5.10 Å². The highest BCUT2D eigenvalue weighted by Crippen LogP contribution is 2.17. The Bertz CT molecular complexity index is 454. The van der Waals surface area contributed by atoms with Crippen LogP contribution in [-0.2, 0) is 6.54 Å². The third-order valence-electron chi connectivity index (χ3n) is 2.26. The van der Waals surface area contributed by atoms with Crippen molar-refractivity contribution in [2.45, 2.75) is 33.4 Å². The molecule has 0 spiro atoms. The average Bonchev–Trinajstić information content (AvgIpc) is 2.28. The predicted molar refractivity (Wildman–Crippen MR) is 74.3 cm³/mol. The fourth-order valence-corrected chi connectivity index (χ4v) is 1.77. The first-order valence-corrected chi connectivity index (χ1v) is 6.39. The molecule has 0 saturated heterocycles. The highest BCUT2D eigenvalue weighted by atomic mass is 79.9. The van der Waals surface area contributed by atoms with Crippen LogP contribution in [0.2, 0.25) is 0 Å². The van der Waals surface area contributed by atoms with Gasteiger partial charge in [-0.3, -0.25) is 4.79 Å². The molecule has 17 heavy (non-hydrogen) atoms. The number of rotatable bonds is 5. The fraction of sp³-hybridized carbons (Fsp3) is 0.500. The molecule has 0 radical (unpaired) electrons. The van der Waals surface area contributed by atoms with Crippen LogP contribution in [0.5, 0.6) is 0 Å². The summed E-state index contributed by atoms with van der Waals surface area (Å²) in [4.78, 5) is 12.0. The molecule has 0 aliphatic carbocycles. The number of anilines is 1. The molecule has 0 aliphatic rings. The molecule has 1 rings (SSSR count). The van der Waals surface area contributed by atoms with Gasteiger partial charge in [0.25, 0.3) is 5.56 Å². The van der Waals surface area contributed by atoms with Gasteiger partial charge >= 0.3 is 0 Å². The van der Waals surface area contributed by atoms with Crippen molar-refractivity contribution in [3.05, 3.63) is 33.7 Å². The van der Waals surface area contributed by atoms with Crippen molar-refractivity contribution in [3.63, 3.8) is 0 Å². The van der Waals surface area contributed by atoms with E-state index in [-0.39, 0.29) is 11.6 Å². The van der Waals surface area contributed by atoms with Crippen LogP contribution in [0.25, 0.3) is 0 Å². The monoisotopic (exact) mass is 299 g/mol. The van der Waals surface area contributed by atoms with E-state index < -0.39 is 0 Å². The van der Waals surface area contributed by atoms with E-state index >= 15 is 0 Å². The summed E-state index contributed by atoms with van der Waals surface area (Å²) in [5.74, 6) is 0.387. The standard InChI is InChI=1S/C12H18BrN3O/c1-5-9(4)15-10-6-14-16(7-8(2)3)12(17)11(10)13/h5-6,8-9,15H,1,7H2,2-4H3. The minimum atomic E-state index is -0.111. The topological polar surface area (TPSA) is 46.9 Å². The molecule has 0 aliphatic heterocycles. The SMILES string of the molecule is C=CC(C)Nc1cnn(CC(C)C)c(=O)c1Br. The Balaban J connectivity index is 3.02. The summed E-state index contributed by atoms with van der Waals surface area (Å²) in [5, 5.41) is 7.28. The lowest BCUT2D eigenvalue weighted by Gasteiger charge is -2.14. The van der Waals surface area contributed by atoms with Crippen molar-refractivity contribution in [2.75, 3.05) is 5.32 Å². The Morgan fingerprint density at radius 3 is 2.76 bits per heavy atom. The summed E-state index contributed by atoms with van der Waals surface area (Å²) in [6.07, 6.45) is 3.43. The van der Waals surface area contributed by atoms with E-state index in [4.69, 9.17) is 0 Å². The van der Waals surface area contributed by atoms with E-state index in [0.29, 0.717) is 22.6 Å². The first-order chi connectivity index (χ1) is 7.95. The number of nitrogens with one attached hydrogen (secondary N) is 1. The second-order valence-corrected chi connectivity index (χ2v) is 5.22. The highest BCUT2D eigenvalue weighted by molar-refractivity contribution is 9.10. The summed E-state index contributed by atoms with van der Waals surface area (Å²) in [7, 11) is 0. The maximum absolute atomic E-state index is 12.0. The third kappa shape index (κ3) is 3.70. The zero-order valence-corrected chi connectivity index (χ0v) is 12.0. The molecule has 0 bridgehead atoms. The van der Waals surface area contributed by atoms with Crippen LogP contribution in [0.4, 0.5) is 5.69 Å². The van der Waals surface area contributed by atoms with E-state index in [2.05, 4.69) is 32.9 Å². The summed E-state index contributed by atoms with van der Waals surface area (Å²) < 4.78 is 1.99. The molecule has 0 fully saturated rings. The number of hydrogen-bond acceptors (Lipinski definition) is 3. The predicted octanol–water partition coefficient (Wildman–Crippen LogP) is 2.65. The van der Waals surface area contributed by atoms with E-state index in [1.807, 2.05) is 20.8 Å². The van der Waals surface area contributed by atoms with Crippen LogP contribution in [-0.4, -0.2) is 15.8 Å². The molecule has 0 saturated carbocycles. The molecule has 1 N–H and O–H groups in total. The van der Waals surface area contributed by atoms with Crippen LogP contribution >= 0.6 is 15.9 Å². The lowest BCUT2D eigenvalue weighted by Crippen LogP contribution is -2.27. The van der Waals surface area contributed by atoms with Crippen LogP contribution in [0.3, 0.4) is 0 Å². The van der Waals surface area contributed by atoms with Crippen molar-refractivity contribution < 1.29 is 0 Å². The zero-order chi connectivity index (χ0) is 13.0. The van der Waals surface area contributed by atoms with Crippen molar-refractivity contribution in [3.8, 4) is 0 Å². The first kappa shape index (κ1) is 14.0. The molecule has 1 unspecified atom stereocenters. The molecule has 0 amide bonds.